The molecule has 0 aromatic heterocycles. The molecule has 0 atom stereocenters. The summed E-state index contributed by atoms with van der Waals surface area (Å²) < 4.78 is 5.49. The predicted molar refractivity (Wildman–Crippen MR) is 121 cm³/mol. The highest BCUT2D eigenvalue weighted by atomic mass is 16.5. The summed E-state index contributed by atoms with van der Waals surface area (Å²) in [6.07, 6.45) is 4.39. The summed E-state index contributed by atoms with van der Waals surface area (Å²) in [6.45, 7) is 7.59. The Labute approximate surface area is 179 Å². The Morgan fingerprint density at radius 3 is 2.30 bits per heavy atom. The summed E-state index contributed by atoms with van der Waals surface area (Å²) in [7, 11) is 1.64. The van der Waals surface area contributed by atoms with E-state index in [2.05, 4.69) is 19.2 Å². The first-order valence-corrected chi connectivity index (χ1v) is 10.8. The minimum Gasteiger partial charge on any atom is -0.496 e. The van der Waals surface area contributed by atoms with Crippen molar-refractivity contribution in [2.24, 2.45) is 0 Å². The summed E-state index contributed by atoms with van der Waals surface area (Å²) in [6, 6.07) is 11.1. The van der Waals surface area contributed by atoms with Crippen molar-refractivity contribution in [2.45, 2.75) is 52.4 Å². The summed E-state index contributed by atoms with van der Waals surface area (Å²) in [5.41, 5.74) is 3.52. The van der Waals surface area contributed by atoms with Crippen molar-refractivity contribution in [1.82, 2.24) is 4.90 Å². The number of hydrogen-bond acceptors (Lipinski definition) is 3. The first-order valence-electron chi connectivity index (χ1n) is 10.8. The zero-order valence-electron chi connectivity index (χ0n) is 18.5. The van der Waals surface area contributed by atoms with E-state index in [0.29, 0.717) is 16.8 Å². The van der Waals surface area contributed by atoms with Crippen LogP contribution in [0.3, 0.4) is 0 Å². The third-order valence-corrected chi connectivity index (χ3v) is 5.74. The minimum absolute atomic E-state index is 0.0119. The molecule has 30 heavy (non-hydrogen) atoms. The SMILES string of the molecule is COc1cc(C)c(C(=O)Nc2ccccc2C(=O)N2CCCCCC2)cc1C(C)C. The van der Waals surface area contributed by atoms with Crippen molar-refractivity contribution >= 4 is 17.5 Å². The zero-order valence-corrected chi connectivity index (χ0v) is 18.5. The second kappa shape index (κ2) is 9.79. The molecule has 0 saturated carbocycles. The van der Waals surface area contributed by atoms with E-state index in [4.69, 9.17) is 4.74 Å². The summed E-state index contributed by atoms with van der Waals surface area (Å²) >= 11 is 0. The Balaban J connectivity index is 1.88. The van der Waals surface area contributed by atoms with Crippen LogP contribution in [0.4, 0.5) is 5.69 Å². The number of nitrogens with zero attached hydrogens (tertiary/aromatic N) is 1. The maximum absolute atomic E-state index is 13.1. The number of likely N-dealkylation sites (tertiary alicyclic amines) is 1. The normalized spacial score (nSPS) is 14.4. The number of nitrogens with one attached hydrogen (secondary N) is 1. The highest BCUT2D eigenvalue weighted by molar-refractivity contribution is 6.09. The van der Waals surface area contributed by atoms with Gasteiger partial charge in [-0.15, -0.1) is 0 Å². The van der Waals surface area contributed by atoms with Gasteiger partial charge in [0, 0.05) is 18.7 Å². The topological polar surface area (TPSA) is 58.6 Å². The summed E-state index contributed by atoms with van der Waals surface area (Å²) in [5.74, 6) is 0.787. The molecule has 5 nitrogen and oxygen atoms in total. The van der Waals surface area contributed by atoms with Gasteiger partial charge in [-0.3, -0.25) is 9.59 Å². The molecule has 3 rings (SSSR count). The lowest BCUT2D eigenvalue weighted by atomic mass is 9.96. The molecule has 1 aliphatic heterocycles. The first kappa shape index (κ1) is 21.9. The van der Waals surface area contributed by atoms with Crippen LogP contribution in [0.1, 0.15) is 77.3 Å². The molecule has 2 aromatic carbocycles. The molecule has 0 radical (unpaired) electrons. The van der Waals surface area contributed by atoms with E-state index >= 15 is 0 Å². The number of hydrogen-bond donors (Lipinski definition) is 1. The number of ether oxygens (including phenoxy) is 1. The lowest BCUT2D eigenvalue weighted by molar-refractivity contribution is 0.0762. The van der Waals surface area contributed by atoms with Gasteiger partial charge in [0.25, 0.3) is 11.8 Å². The number of benzene rings is 2. The fourth-order valence-corrected chi connectivity index (χ4v) is 3.98. The summed E-state index contributed by atoms with van der Waals surface area (Å²) in [4.78, 5) is 28.2. The molecular formula is C25H32N2O3. The predicted octanol–water partition coefficient (Wildman–Crippen LogP) is 5.40. The Kier molecular flexibility index (Phi) is 7.14. The van der Waals surface area contributed by atoms with Gasteiger partial charge in [-0.25, -0.2) is 0 Å². The molecule has 1 N–H and O–H groups in total. The van der Waals surface area contributed by atoms with E-state index in [1.54, 1.807) is 19.2 Å². The Morgan fingerprint density at radius 1 is 1.00 bits per heavy atom. The van der Waals surface area contributed by atoms with Gasteiger partial charge in [0.1, 0.15) is 5.75 Å². The van der Waals surface area contributed by atoms with Crippen LogP contribution in [0, 0.1) is 6.92 Å². The lowest BCUT2D eigenvalue weighted by Gasteiger charge is -2.22. The van der Waals surface area contributed by atoms with E-state index in [-0.39, 0.29) is 17.7 Å². The van der Waals surface area contributed by atoms with Gasteiger partial charge in [0.05, 0.1) is 18.4 Å². The average molecular weight is 409 g/mol. The number of carbonyl (C=O) groups excluding carboxylic acids is 2. The van der Waals surface area contributed by atoms with Crippen LogP contribution in [0.5, 0.6) is 5.75 Å². The van der Waals surface area contributed by atoms with E-state index in [9.17, 15) is 9.59 Å². The number of methoxy groups -OCH3 is 1. The van der Waals surface area contributed by atoms with E-state index in [1.165, 1.54) is 0 Å². The van der Waals surface area contributed by atoms with Crippen LogP contribution in [0.25, 0.3) is 0 Å². The Hall–Kier alpha value is -2.82. The number of aryl methyl sites for hydroxylation is 1. The van der Waals surface area contributed by atoms with E-state index < -0.39 is 0 Å². The van der Waals surface area contributed by atoms with Gasteiger partial charge in [0.2, 0.25) is 0 Å². The minimum atomic E-state index is -0.215. The van der Waals surface area contributed by atoms with E-state index in [0.717, 1.165) is 55.6 Å². The molecule has 5 heteroatoms. The Bertz CT molecular complexity index is 913. The van der Waals surface area contributed by atoms with Gasteiger partial charge in [-0.2, -0.15) is 0 Å². The standard InChI is InChI=1S/C25H32N2O3/c1-17(2)20-16-21(18(3)15-23(20)30-4)24(28)26-22-12-8-7-11-19(22)25(29)27-13-9-5-6-10-14-27/h7-8,11-12,15-17H,5-6,9-10,13-14H2,1-4H3,(H,26,28). The number of carbonyl (C=O) groups is 2. The van der Waals surface area contributed by atoms with Crippen LogP contribution in [0.2, 0.25) is 0 Å². The van der Waals surface area contributed by atoms with Crippen LogP contribution in [-0.2, 0) is 0 Å². The quantitative estimate of drug-likeness (QED) is 0.721. The molecule has 1 fully saturated rings. The third-order valence-electron chi connectivity index (χ3n) is 5.74. The Morgan fingerprint density at radius 2 is 1.67 bits per heavy atom. The van der Waals surface area contributed by atoms with Gasteiger partial charge in [-0.1, -0.05) is 38.8 Å². The molecule has 2 aromatic rings. The maximum atomic E-state index is 13.1. The summed E-state index contributed by atoms with van der Waals surface area (Å²) in [5, 5.41) is 2.98. The van der Waals surface area contributed by atoms with Crippen molar-refractivity contribution in [3.8, 4) is 5.75 Å². The molecule has 0 aliphatic carbocycles. The van der Waals surface area contributed by atoms with Crippen molar-refractivity contribution < 1.29 is 14.3 Å². The largest absolute Gasteiger partial charge is 0.496 e. The molecule has 0 spiro atoms. The first-order chi connectivity index (χ1) is 14.4. The molecule has 1 heterocycles. The smallest absolute Gasteiger partial charge is 0.255 e. The average Bonchev–Trinajstić information content (AvgIpc) is 3.02. The van der Waals surface area contributed by atoms with Crippen LogP contribution >= 0.6 is 0 Å². The lowest BCUT2D eigenvalue weighted by Crippen LogP contribution is -2.32. The van der Waals surface area contributed by atoms with Crippen LogP contribution < -0.4 is 10.1 Å². The highest BCUT2D eigenvalue weighted by Gasteiger charge is 2.22. The number of rotatable bonds is 5. The zero-order chi connectivity index (χ0) is 21.7. The van der Waals surface area contributed by atoms with Crippen molar-refractivity contribution in [1.29, 1.82) is 0 Å². The van der Waals surface area contributed by atoms with Gasteiger partial charge in [0.15, 0.2) is 0 Å². The highest BCUT2D eigenvalue weighted by Crippen LogP contribution is 2.30. The van der Waals surface area contributed by atoms with Crippen LogP contribution in [0.15, 0.2) is 36.4 Å². The monoisotopic (exact) mass is 408 g/mol. The third kappa shape index (κ3) is 4.84. The molecule has 0 bridgehead atoms. The van der Waals surface area contributed by atoms with Gasteiger partial charge in [-0.05, 0) is 61.1 Å². The molecule has 1 saturated heterocycles. The molecule has 0 unspecified atom stereocenters. The fourth-order valence-electron chi connectivity index (χ4n) is 3.98. The molecule has 2 amide bonds. The molecule has 160 valence electrons. The van der Waals surface area contributed by atoms with Crippen molar-refractivity contribution in [3.05, 3.63) is 58.7 Å². The molecule has 1 aliphatic rings. The number of amides is 2. The van der Waals surface area contributed by atoms with Gasteiger partial charge >= 0.3 is 0 Å². The van der Waals surface area contributed by atoms with Gasteiger partial charge < -0.3 is 15.0 Å². The van der Waals surface area contributed by atoms with Crippen molar-refractivity contribution in [3.63, 3.8) is 0 Å². The van der Waals surface area contributed by atoms with E-state index in [1.807, 2.05) is 36.1 Å². The second-order valence-corrected chi connectivity index (χ2v) is 8.27. The number of para-hydroxylation sites is 1. The van der Waals surface area contributed by atoms with Crippen molar-refractivity contribution in [2.75, 3.05) is 25.5 Å². The second-order valence-electron chi connectivity index (χ2n) is 8.27. The van der Waals surface area contributed by atoms with Crippen LogP contribution in [-0.4, -0.2) is 36.9 Å². The molecular weight excluding hydrogens is 376 g/mol. The fraction of sp³-hybridized carbons (Fsp3) is 0.440. The number of anilines is 1. The maximum Gasteiger partial charge on any atom is 0.255 e.